The van der Waals surface area contributed by atoms with Gasteiger partial charge in [0.05, 0.1) is 0 Å². The van der Waals surface area contributed by atoms with Gasteiger partial charge < -0.3 is 10.2 Å². The van der Waals surface area contributed by atoms with E-state index in [1.807, 2.05) is 19.0 Å². The van der Waals surface area contributed by atoms with Gasteiger partial charge in [-0.3, -0.25) is 0 Å². The van der Waals surface area contributed by atoms with Gasteiger partial charge in [0.25, 0.3) is 0 Å². The summed E-state index contributed by atoms with van der Waals surface area (Å²) >= 11 is 5.01. The highest BCUT2D eigenvalue weighted by molar-refractivity contribution is 7.80. The fraction of sp³-hybridized carbons (Fsp3) is 0.833. The van der Waals surface area contributed by atoms with Crippen molar-refractivity contribution in [2.75, 3.05) is 14.1 Å². The molecular weight excluding hydrogens is 132 g/mol. The van der Waals surface area contributed by atoms with Crippen molar-refractivity contribution in [3.05, 3.63) is 0 Å². The van der Waals surface area contributed by atoms with E-state index < -0.39 is 0 Å². The number of hydrogen-bond donors (Lipinski definition) is 1. The van der Waals surface area contributed by atoms with E-state index in [0.29, 0.717) is 6.04 Å². The van der Waals surface area contributed by atoms with E-state index in [4.69, 9.17) is 12.2 Å². The maximum atomic E-state index is 5.01. The van der Waals surface area contributed by atoms with Crippen molar-refractivity contribution in [2.45, 2.75) is 18.9 Å². The molecule has 1 rings (SSSR count). The van der Waals surface area contributed by atoms with E-state index in [2.05, 4.69) is 5.32 Å². The summed E-state index contributed by atoms with van der Waals surface area (Å²) in [5.74, 6) is 0. The first-order chi connectivity index (χ1) is 4.20. The zero-order valence-corrected chi connectivity index (χ0v) is 6.66. The van der Waals surface area contributed by atoms with Crippen LogP contribution in [-0.2, 0) is 0 Å². The van der Waals surface area contributed by atoms with Gasteiger partial charge in [0.15, 0.2) is 5.11 Å². The van der Waals surface area contributed by atoms with Crippen molar-refractivity contribution in [3.8, 4) is 0 Å². The second kappa shape index (κ2) is 2.52. The van der Waals surface area contributed by atoms with E-state index >= 15 is 0 Å². The molecule has 3 heteroatoms. The summed E-state index contributed by atoms with van der Waals surface area (Å²) in [6, 6.07) is 0.680. The summed E-state index contributed by atoms with van der Waals surface area (Å²) in [5.41, 5.74) is 0. The Balaban J connectivity index is 2.17. The number of rotatable bonds is 1. The molecule has 0 radical (unpaired) electrons. The SMILES string of the molecule is CN(C)C(=S)NC1CC1. The lowest BCUT2D eigenvalue weighted by Crippen LogP contribution is -2.35. The minimum absolute atomic E-state index is 0.680. The molecule has 0 heterocycles. The lowest BCUT2D eigenvalue weighted by Gasteiger charge is -2.14. The highest BCUT2D eigenvalue weighted by atomic mass is 32.1. The van der Waals surface area contributed by atoms with E-state index in [0.717, 1.165) is 5.11 Å². The van der Waals surface area contributed by atoms with E-state index in [1.165, 1.54) is 12.8 Å². The average molecular weight is 144 g/mol. The van der Waals surface area contributed by atoms with Gasteiger partial charge in [0.1, 0.15) is 0 Å². The van der Waals surface area contributed by atoms with Crippen molar-refractivity contribution in [1.82, 2.24) is 10.2 Å². The van der Waals surface area contributed by atoms with Gasteiger partial charge in [-0.2, -0.15) is 0 Å². The molecular formula is C6H12N2S. The molecule has 0 spiro atoms. The number of nitrogens with zero attached hydrogens (tertiary/aromatic N) is 1. The van der Waals surface area contributed by atoms with Crippen LogP contribution in [0, 0.1) is 0 Å². The Morgan fingerprint density at radius 2 is 2.11 bits per heavy atom. The van der Waals surface area contributed by atoms with Crippen LogP contribution in [0.25, 0.3) is 0 Å². The lowest BCUT2D eigenvalue weighted by molar-refractivity contribution is 0.599. The topological polar surface area (TPSA) is 15.3 Å². The van der Waals surface area contributed by atoms with Crippen molar-refractivity contribution >= 4 is 17.3 Å². The molecule has 0 aliphatic heterocycles. The van der Waals surface area contributed by atoms with Crippen LogP contribution < -0.4 is 5.32 Å². The van der Waals surface area contributed by atoms with Crippen LogP contribution in [0.1, 0.15) is 12.8 Å². The maximum Gasteiger partial charge on any atom is 0.168 e. The molecule has 1 N–H and O–H groups in total. The summed E-state index contributed by atoms with van der Waals surface area (Å²) < 4.78 is 0. The van der Waals surface area contributed by atoms with E-state index in [9.17, 15) is 0 Å². The third kappa shape index (κ3) is 2.18. The van der Waals surface area contributed by atoms with Crippen molar-refractivity contribution < 1.29 is 0 Å². The van der Waals surface area contributed by atoms with Gasteiger partial charge in [0.2, 0.25) is 0 Å². The van der Waals surface area contributed by atoms with Crippen molar-refractivity contribution in [2.24, 2.45) is 0 Å². The summed E-state index contributed by atoms with van der Waals surface area (Å²) in [6.07, 6.45) is 2.57. The smallest absolute Gasteiger partial charge is 0.168 e. The summed E-state index contributed by atoms with van der Waals surface area (Å²) in [6.45, 7) is 0. The third-order valence-corrected chi connectivity index (χ3v) is 1.79. The highest BCUT2D eigenvalue weighted by Gasteiger charge is 2.21. The Morgan fingerprint density at radius 1 is 1.56 bits per heavy atom. The largest absolute Gasteiger partial charge is 0.360 e. The molecule has 0 aromatic rings. The van der Waals surface area contributed by atoms with Crippen LogP contribution in [0.5, 0.6) is 0 Å². The first-order valence-electron chi connectivity index (χ1n) is 3.18. The summed E-state index contributed by atoms with van der Waals surface area (Å²) in [5, 5.41) is 4.07. The molecule has 0 unspecified atom stereocenters. The van der Waals surface area contributed by atoms with E-state index in [-0.39, 0.29) is 0 Å². The predicted molar refractivity (Wildman–Crippen MR) is 42.4 cm³/mol. The number of nitrogens with one attached hydrogen (secondary N) is 1. The fourth-order valence-corrected chi connectivity index (χ4v) is 0.698. The summed E-state index contributed by atoms with van der Waals surface area (Å²) in [4.78, 5) is 1.92. The second-order valence-corrected chi connectivity index (χ2v) is 3.00. The molecule has 0 saturated heterocycles. The number of thiocarbonyl (C=S) groups is 1. The van der Waals surface area contributed by atoms with Crippen LogP contribution in [0.3, 0.4) is 0 Å². The molecule has 1 saturated carbocycles. The van der Waals surface area contributed by atoms with Crippen LogP contribution in [0.2, 0.25) is 0 Å². The number of hydrogen-bond acceptors (Lipinski definition) is 1. The first-order valence-corrected chi connectivity index (χ1v) is 3.59. The molecule has 0 amide bonds. The monoisotopic (exact) mass is 144 g/mol. The highest BCUT2D eigenvalue weighted by Crippen LogP contribution is 2.18. The standard InChI is InChI=1S/C6H12N2S/c1-8(2)6(9)7-5-3-4-5/h5H,3-4H2,1-2H3,(H,7,9). The van der Waals surface area contributed by atoms with Gasteiger partial charge in [-0.15, -0.1) is 0 Å². The van der Waals surface area contributed by atoms with Gasteiger partial charge in [-0.1, -0.05) is 0 Å². The molecule has 0 atom stereocenters. The fourth-order valence-electron chi connectivity index (χ4n) is 0.531. The molecule has 0 aromatic heterocycles. The molecule has 52 valence electrons. The van der Waals surface area contributed by atoms with Crippen LogP contribution in [-0.4, -0.2) is 30.1 Å². The Kier molecular flexibility index (Phi) is 1.90. The first kappa shape index (κ1) is 6.81. The van der Waals surface area contributed by atoms with Crippen molar-refractivity contribution in [3.63, 3.8) is 0 Å². The molecule has 1 aliphatic carbocycles. The molecule has 1 aliphatic rings. The van der Waals surface area contributed by atoms with Crippen LogP contribution >= 0.6 is 12.2 Å². The van der Waals surface area contributed by atoms with Gasteiger partial charge in [-0.05, 0) is 25.1 Å². The zero-order valence-electron chi connectivity index (χ0n) is 5.85. The molecule has 9 heavy (non-hydrogen) atoms. The minimum Gasteiger partial charge on any atom is -0.360 e. The Labute approximate surface area is 61.2 Å². The second-order valence-electron chi connectivity index (χ2n) is 2.62. The Hall–Kier alpha value is -0.310. The normalized spacial score (nSPS) is 17.1. The maximum absolute atomic E-state index is 5.01. The lowest BCUT2D eigenvalue weighted by atomic mass is 10.7. The molecule has 0 aromatic carbocycles. The summed E-state index contributed by atoms with van der Waals surface area (Å²) in [7, 11) is 3.91. The minimum atomic E-state index is 0.680. The third-order valence-electron chi connectivity index (χ3n) is 1.31. The van der Waals surface area contributed by atoms with Gasteiger partial charge >= 0.3 is 0 Å². The molecule has 1 fully saturated rings. The zero-order chi connectivity index (χ0) is 6.85. The van der Waals surface area contributed by atoms with Crippen LogP contribution in [0.15, 0.2) is 0 Å². The molecule has 2 nitrogen and oxygen atoms in total. The van der Waals surface area contributed by atoms with Crippen LogP contribution in [0.4, 0.5) is 0 Å². The predicted octanol–water partition coefficient (Wildman–Crippen LogP) is 0.585. The van der Waals surface area contributed by atoms with E-state index in [1.54, 1.807) is 0 Å². The quantitative estimate of drug-likeness (QED) is 0.542. The van der Waals surface area contributed by atoms with Gasteiger partial charge in [-0.25, -0.2) is 0 Å². The Morgan fingerprint density at radius 3 is 2.44 bits per heavy atom. The Bertz CT molecular complexity index is 118. The average Bonchev–Trinajstić information content (AvgIpc) is 2.50. The van der Waals surface area contributed by atoms with Crippen molar-refractivity contribution in [1.29, 1.82) is 0 Å². The van der Waals surface area contributed by atoms with Gasteiger partial charge in [0, 0.05) is 20.1 Å². The molecule has 0 bridgehead atoms.